The molecule has 0 radical (unpaired) electrons. The Labute approximate surface area is 174 Å². The van der Waals surface area contributed by atoms with Crippen LogP contribution in [-0.4, -0.2) is 21.8 Å². The SMILES string of the molecule is COc1ccc(Cn2cc(Oc3cc(Cl)c([N+](=O)[O-])cc3C)c(I)n2)cc1. The minimum Gasteiger partial charge on any atom is -0.497 e. The van der Waals surface area contributed by atoms with Crippen molar-refractivity contribution in [1.82, 2.24) is 9.78 Å². The molecule has 0 atom stereocenters. The zero-order valence-electron chi connectivity index (χ0n) is 14.5. The quantitative estimate of drug-likeness (QED) is 0.264. The fraction of sp³-hybridized carbons (Fsp3) is 0.167. The lowest BCUT2D eigenvalue weighted by Gasteiger charge is -2.08. The summed E-state index contributed by atoms with van der Waals surface area (Å²) in [7, 11) is 1.63. The third kappa shape index (κ3) is 4.51. The molecule has 3 aromatic rings. The summed E-state index contributed by atoms with van der Waals surface area (Å²) >= 11 is 8.07. The van der Waals surface area contributed by atoms with Gasteiger partial charge in [-0.2, -0.15) is 5.10 Å². The van der Waals surface area contributed by atoms with Crippen molar-refractivity contribution in [3.05, 3.63) is 72.6 Å². The predicted molar refractivity (Wildman–Crippen MR) is 110 cm³/mol. The van der Waals surface area contributed by atoms with E-state index < -0.39 is 4.92 Å². The molecule has 0 aliphatic carbocycles. The van der Waals surface area contributed by atoms with Crippen molar-refractivity contribution in [1.29, 1.82) is 0 Å². The molecular weight excluding hydrogens is 485 g/mol. The van der Waals surface area contributed by atoms with Gasteiger partial charge in [-0.05, 0) is 52.8 Å². The van der Waals surface area contributed by atoms with Crippen LogP contribution in [0.25, 0.3) is 0 Å². The van der Waals surface area contributed by atoms with Crippen LogP contribution in [0.5, 0.6) is 17.2 Å². The summed E-state index contributed by atoms with van der Waals surface area (Å²) in [6.07, 6.45) is 1.78. The molecule has 9 heteroatoms. The van der Waals surface area contributed by atoms with Crippen LogP contribution in [0.15, 0.2) is 42.6 Å². The number of methoxy groups -OCH3 is 1. The minimum atomic E-state index is -0.518. The number of nitro groups is 1. The average molecular weight is 500 g/mol. The molecule has 0 saturated heterocycles. The number of rotatable bonds is 6. The molecule has 0 N–H and O–H groups in total. The van der Waals surface area contributed by atoms with Gasteiger partial charge in [-0.25, -0.2) is 0 Å². The summed E-state index contributed by atoms with van der Waals surface area (Å²) in [5.74, 6) is 1.80. The maximum absolute atomic E-state index is 11.0. The van der Waals surface area contributed by atoms with Crippen LogP contribution in [0, 0.1) is 20.7 Å². The lowest BCUT2D eigenvalue weighted by atomic mass is 10.2. The number of hydrogen-bond donors (Lipinski definition) is 0. The summed E-state index contributed by atoms with van der Waals surface area (Å²) in [5, 5.41) is 15.5. The van der Waals surface area contributed by atoms with Gasteiger partial charge in [0.2, 0.25) is 0 Å². The average Bonchev–Trinajstić information content (AvgIpc) is 2.97. The van der Waals surface area contributed by atoms with Crippen LogP contribution < -0.4 is 9.47 Å². The van der Waals surface area contributed by atoms with E-state index in [1.54, 1.807) is 24.9 Å². The second-order valence-electron chi connectivity index (χ2n) is 5.76. The van der Waals surface area contributed by atoms with E-state index in [4.69, 9.17) is 21.1 Å². The first-order valence-corrected chi connectivity index (χ1v) is 9.31. The van der Waals surface area contributed by atoms with Gasteiger partial charge in [0.15, 0.2) is 9.45 Å². The zero-order chi connectivity index (χ0) is 19.6. The fourth-order valence-corrected chi connectivity index (χ4v) is 3.21. The van der Waals surface area contributed by atoms with Crippen molar-refractivity contribution in [2.45, 2.75) is 13.5 Å². The number of benzene rings is 2. The van der Waals surface area contributed by atoms with Gasteiger partial charge in [0.1, 0.15) is 16.5 Å². The molecule has 0 spiro atoms. The number of nitro benzene ring substituents is 1. The molecule has 0 aliphatic rings. The van der Waals surface area contributed by atoms with Gasteiger partial charge in [-0.3, -0.25) is 14.8 Å². The van der Waals surface area contributed by atoms with Crippen LogP contribution in [-0.2, 0) is 6.54 Å². The van der Waals surface area contributed by atoms with E-state index >= 15 is 0 Å². The number of halogens is 2. The third-order valence-electron chi connectivity index (χ3n) is 3.85. The highest BCUT2D eigenvalue weighted by Gasteiger charge is 2.17. The van der Waals surface area contributed by atoms with Crippen LogP contribution in [0.2, 0.25) is 5.02 Å². The van der Waals surface area contributed by atoms with Gasteiger partial charge < -0.3 is 9.47 Å². The topological polar surface area (TPSA) is 79.4 Å². The smallest absolute Gasteiger partial charge is 0.288 e. The van der Waals surface area contributed by atoms with Crippen LogP contribution >= 0.6 is 34.2 Å². The van der Waals surface area contributed by atoms with Crippen molar-refractivity contribution < 1.29 is 14.4 Å². The van der Waals surface area contributed by atoms with Gasteiger partial charge in [0.25, 0.3) is 5.69 Å². The fourth-order valence-electron chi connectivity index (χ4n) is 2.46. The van der Waals surface area contributed by atoms with E-state index in [1.165, 1.54) is 12.1 Å². The van der Waals surface area contributed by atoms with Crippen LogP contribution in [0.1, 0.15) is 11.1 Å². The minimum absolute atomic E-state index is 0.0289. The largest absolute Gasteiger partial charge is 0.497 e. The highest BCUT2D eigenvalue weighted by Crippen LogP contribution is 2.35. The molecule has 0 bridgehead atoms. The molecule has 140 valence electrons. The Morgan fingerprint density at radius 2 is 1.96 bits per heavy atom. The van der Waals surface area contributed by atoms with Gasteiger partial charge in [-0.15, -0.1) is 0 Å². The van der Waals surface area contributed by atoms with Crippen LogP contribution in [0.3, 0.4) is 0 Å². The maximum atomic E-state index is 11.0. The summed E-state index contributed by atoms with van der Waals surface area (Å²) in [6, 6.07) is 10.6. The predicted octanol–water partition coefficient (Wildman–Crippen LogP) is 5.21. The first-order valence-electron chi connectivity index (χ1n) is 7.85. The standard InChI is InChI=1S/C18H15ClIN3O4/c1-11-7-15(23(24)25)14(19)8-16(11)27-17-10-22(21-18(17)20)9-12-3-5-13(26-2)6-4-12/h3-8,10H,9H2,1-2H3. The van der Waals surface area contributed by atoms with Gasteiger partial charge in [0, 0.05) is 12.1 Å². The number of hydrogen-bond acceptors (Lipinski definition) is 5. The molecule has 3 rings (SSSR count). The van der Waals surface area contributed by atoms with Crippen molar-refractivity contribution in [2.75, 3.05) is 7.11 Å². The zero-order valence-corrected chi connectivity index (χ0v) is 17.4. The second-order valence-corrected chi connectivity index (χ2v) is 7.19. The maximum Gasteiger partial charge on any atom is 0.288 e. The Balaban J connectivity index is 1.80. The molecular formula is C18H15ClIN3O4. The molecule has 0 unspecified atom stereocenters. The van der Waals surface area contributed by atoms with E-state index in [2.05, 4.69) is 27.7 Å². The molecule has 0 aliphatic heterocycles. The van der Waals surface area contributed by atoms with Gasteiger partial charge in [0.05, 0.1) is 24.8 Å². The molecule has 27 heavy (non-hydrogen) atoms. The monoisotopic (exact) mass is 499 g/mol. The highest BCUT2D eigenvalue weighted by atomic mass is 127. The van der Waals surface area contributed by atoms with Crippen molar-refractivity contribution in [2.24, 2.45) is 0 Å². The highest BCUT2D eigenvalue weighted by molar-refractivity contribution is 14.1. The molecule has 0 amide bonds. The molecule has 0 fully saturated rings. The molecule has 1 heterocycles. The normalized spacial score (nSPS) is 10.7. The second kappa shape index (κ2) is 8.13. The third-order valence-corrected chi connectivity index (χ3v) is 4.90. The van der Waals surface area contributed by atoms with Crippen LogP contribution in [0.4, 0.5) is 5.69 Å². The Kier molecular flexibility index (Phi) is 5.85. The van der Waals surface area contributed by atoms with Gasteiger partial charge >= 0.3 is 0 Å². The van der Waals surface area contributed by atoms with E-state index in [0.29, 0.717) is 27.3 Å². The Morgan fingerprint density at radius 1 is 1.26 bits per heavy atom. The Bertz CT molecular complexity index is 989. The summed E-state index contributed by atoms with van der Waals surface area (Å²) in [5.41, 5.74) is 1.53. The summed E-state index contributed by atoms with van der Waals surface area (Å²) in [6.45, 7) is 2.30. The lowest BCUT2D eigenvalue weighted by Crippen LogP contribution is -2.00. The first-order chi connectivity index (χ1) is 12.9. The first kappa shape index (κ1) is 19.4. The van der Waals surface area contributed by atoms with E-state index in [-0.39, 0.29) is 10.7 Å². The number of aryl methyl sites for hydroxylation is 1. The van der Waals surface area contributed by atoms with Gasteiger partial charge in [-0.1, -0.05) is 23.7 Å². The van der Waals surface area contributed by atoms with Crippen molar-refractivity contribution in [3.63, 3.8) is 0 Å². The molecule has 7 nitrogen and oxygen atoms in total. The summed E-state index contributed by atoms with van der Waals surface area (Å²) < 4.78 is 13.5. The Hall–Kier alpha value is -2.33. The molecule has 2 aromatic carbocycles. The van der Waals surface area contributed by atoms with Crippen molar-refractivity contribution >= 4 is 39.9 Å². The lowest BCUT2D eigenvalue weighted by molar-refractivity contribution is -0.384. The Morgan fingerprint density at radius 3 is 2.59 bits per heavy atom. The molecule has 1 aromatic heterocycles. The van der Waals surface area contributed by atoms with E-state index in [0.717, 1.165) is 11.3 Å². The number of nitrogens with zero attached hydrogens (tertiary/aromatic N) is 3. The van der Waals surface area contributed by atoms with Crippen molar-refractivity contribution in [3.8, 4) is 17.2 Å². The molecule has 0 saturated carbocycles. The van der Waals surface area contributed by atoms with E-state index in [1.807, 2.05) is 24.3 Å². The number of aromatic nitrogens is 2. The van der Waals surface area contributed by atoms with E-state index in [9.17, 15) is 10.1 Å². The number of ether oxygens (including phenoxy) is 2. The summed E-state index contributed by atoms with van der Waals surface area (Å²) in [4.78, 5) is 10.5.